The molecule has 1 aliphatic rings. The Labute approximate surface area is 158 Å². The summed E-state index contributed by atoms with van der Waals surface area (Å²) in [5.41, 5.74) is 3.02. The summed E-state index contributed by atoms with van der Waals surface area (Å²) < 4.78 is 0.861. The number of nitrogens with zero attached hydrogens (tertiary/aromatic N) is 2. The minimum atomic E-state index is 0.145. The maximum absolute atomic E-state index is 12.6. The van der Waals surface area contributed by atoms with Gasteiger partial charge in [0.15, 0.2) is 5.78 Å². The maximum atomic E-state index is 12.6. The third-order valence-electron chi connectivity index (χ3n) is 5.09. The standard InChI is InChI=1S/C21H25BrN2O/c1-23-12-10-17(11-13-23)24(2)18-7-5-6-16(14-18)15-21(25)19-8-3-4-9-20(19)22/h3-9,14,17H,10-13,15H2,1-2H3. The largest absolute Gasteiger partial charge is 0.372 e. The Hall–Kier alpha value is -1.65. The minimum Gasteiger partial charge on any atom is -0.372 e. The number of carbonyl (C=O) groups excluding carboxylic acids is 1. The summed E-state index contributed by atoms with van der Waals surface area (Å²) >= 11 is 3.47. The number of carbonyl (C=O) groups is 1. The Kier molecular flexibility index (Phi) is 5.92. The van der Waals surface area contributed by atoms with E-state index < -0.39 is 0 Å². The molecule has 1 saturated heterocycles. The number of hydrogen-bond acceptors (Lipinski definition) is 3. The van der Waals surface area contributed by atoms with E-state index in [1.165, 1.54) is 18.5 Å². The average Bonchev–Trinajstić information content (AvgIpc) is 2.62. The first-order valence-corrected chi connectivity index (χ1v) is 9.62. The SMILES string of the molecule is CN1CCC(N(C)c2cccc(CC(=O)c3ccccc3Br)c2)CC1. The fraction of sp³-hybridized carbons (Fsp3) is 0.381. The third kappa shape index (κ3) is 4.50. The van der Waals surface area contributed by atoms with Crippen molar-refractivity contribution in [3.8, 4) is 0 Å². The monoisotopic (exact) mass is 400 g/mol. The van der Waals surface area contributed by atoms with Gasteiger partial charge in [-0.15, -0.1) is 0 Å². The molecule has 1 fully saturated rings. The van der Waals surface area contributed by atoms with E-state index in [9.17, 15) is 4.79 Å². The molecule has 1 heterocycles. The van der Waals surface area contributed by atoms with E-state index >= 15 is 0 Å². The molecule has 25 heavy (non-hydrogen) atoms. The van der Waals surface area contributed by atoms with Crippen LogP contribution in [-0.2, 0) is 6.42 Å². The van der Waals surface area contributed by atoms with E-state index in [1.54, 1.807) is 0 Å². The number of Topliss-reactive ketones (excluding diaryl/α,β-unsaturated/α-hetero) is 1. The van der Waals surface area contributed by atoms with E-state index in [4.69, 9.17) is 0 Å². The molecular weight excluding hydrogens is 376 g/mol. The van der Waals surface area contributed by atoms with Crippen LogP contribution in [0.25, 0.3) is 0 Å². The fourth-order valence-electron chi connectivity index (χ4n) is 3.45. The van der Waals surface area contributed by atoms with Crippen molar-refractivity contribution < 1.29 is 4.79 Å². The highest BCUT2D eigenvalue weighted by Gasteiger charge is 2.21. The molecule has 132 valence electrons. The van der Waals surface area contributed by atoms with Gasteiger partial charge in [-0.1, -0.05) is 46.3 Å². The van der Waals surface area contributed by atoms with Crippen molar-refractivity contribution in [2.75, 3.05) is 32.1 Å². The molecule has 0 amide bonds. The maximum Gasteiger partial charge on any atom is 0.168 e. The second kappa shape index (κ2) is 8.15. The van der Waals surface area contributed by atoms with Gasteiger partial charge in [-0.05, 0) is 56.7 Å². The van der Waals surface area contributed by atoms with Crippen LogP contribution in [-0.4, -0.2) is 43.9 Å². The zero-order chi connectivity index (χ0) is 17.8. The molecule has 0 spiro atoms. The number of likely N-dealkylation sites (tertiary alicyclic amines) is 1. The van der Waals surface area contributed by atoms with Crippen molar-refractivity contribution >= 4 is 27.4 Å². The van der Waals surface area contributed by atoms with Crippen LogP contribution >= 0.6 is 15.9 Å². The van der Waals surface area contributed by atoms with E-state index in [2.05, 4.69) is 58.0 Å². The van der Waals surface area contributed by atoms with Gasteiger partial charge in [0, 0.05) is 35.2 Å². The number of anilines is 1. The van der Waals surface area contributed by atoms with E-state index in [0.29, 0.717) is 12.5 Å². The van der Waals surface area contributed by atoms with Gasteiger partial charge in [0.1, 0.15) is 0 Å². The Morgan fingerprint density at radius 3 is 2.60 bits per heavy atom. The molecule has 0 unspecified atom stereocenters. The lowest BCUT2D eigenvalue weighted by molar-refractivity contribution is 0.0992. The molecular formula is C21H25BrN2O. The van der Waals surface area contributed by atoms with Gasteiger partial charge in [-0.2, -0.15) is 0 Å². The molecule has 4 heteroatoms. The van der Waals surface area contributed by atoms with E-state index in [1.807, 2.05) is 30.3 Å². The highest BCUT2D eigenvalue weighted by atomic mass is 79.9. The highest BCUT2D eigenvalue weighted by Crippen LogP contribution is 2.24. The predicted molar refractivity (Wildman–Crippen MR) is 108 cm³/mol. The van der Waals surface area contributed by atoms with Crippen LogP contribution < -0.4 is 4.90 Å². The summed E-state index contributed by atoms with van der Waals surface area (Å²) in [6.07, 6.45) is 2.80. The minimum absolute atomic E-state index is 0.145. The van der Waals surface area contributed by atoms with Gasteiger partial charge >= 0.3 is 0 Å². The zero-order valence-corrected chi connectivity index (χ0v) is 16.5. The van der Waals surface area contributed by atoms with Gasteiger partial charge in [-0.3, -0.25) is 4.79 Å². The lowest BCUT2D eigenvalue weighted by Crippen LogP contribution is -2.42. The van der Waals surface area contributed by atoms with Crippen LogP contribution in [0.4, 0.5) is 5.69 Å². The van der Waals surface area contributed by atoms with Crippen molar-refractivity contribution in [1.82, 2.24) is 4.90 Å². The first-order chi connectivity index (χ1) is 12.0. The van der Waals surface area contributed by atoms with Crippen molar-refractivity contribution in [1.29, 1.82) is 0 Å². The molecule has 0 atom stereocenters. The summed E-state index contributed by atoms with van der Waals surface area (Å²) in [5, 5.41) is 0. The molecule has 0 radical (unpaired) electrons. The van der Waals surface area contributed by atoms with Crippen molar-refractivity contribution in [3.05, 3.63) is 64.1 Å². The Morgan fingerprint density at radius 2 is 1.88 bits per heavy atom. The average molecular weight is 401 g/mol. The van der Waals surface area contributed by atoms with Crippen molar-refractivity contribution in [3.63, 3.8) is 0 Å². The van der Waals surface area contributed by atoms with Crippen molar-refractivity contribution in [2.24, 2.45) is 0 Å². The Balaban J connectivity index is 1.71. The Morgan fingerprint density at radius 1 is 1.16 bits per heavy atom. The second-order valence-electron chi connectivity index (χ2n) is 6.90. The first-order valence-electron chi connectivity index (χ1n) is 8.82. The third-order valence-corrected chi connectivity index (χ3v) is 5.78. The molecule has 2 aromatic rings. The van der Waals surface area contributed by atoms with E-state index in [0.717, 1.165) is 28.7 Å². The smallest absolute Gasteiger partial charge is 0.168 e. The normalized spacial score (nSPS) is 16.0. The first kappa shape index (κ1) is 18.2. The number of piperidine rings is 1. The predicted octanol–water partition coefficient (Wildman–Crippen LogP) is 4.40. The van der Waals surface area contributed by atoms with Crippen molar-refractivity contribution in [2.45, 2.75) is 25.3 Å². The van der Waals surface area contributed by atoms with Crippen LogP contribution in [0.5, 0.6) is 0 Å². The second-order valence-corrected chi connectivity index (χ2v) is 7.75. The van der Waals surface area contributed by atoms with Gasteiger partial charge < -0.3 is 9.80 Å². The number of rotatable bonds is 5. The molecule has 1 aliphatic heterocycles. The molecule has 0 aromatic heterocycles. The topological polar surface area (TPSA) is 23.6 Å². The molecule has 3 nitrogen and oxygen atoms in total. The zero-order valence-electron chi connectivity index (χ0n) is 14.9. The van der Waals surface area contributed by atoms with Gasteiger partial charge in [0.25, 0.3) is 0 Å². The quantitative estimate of drug-likeness (QED) is 0.694. The Bertz CT molecular complexity index is 738. The molecule has 3 rings (SSSR count). The summed E-state index contributed by atoms with van der Waals surface area (Å²) in [6, 6.07) is 16.6. The lowest BCUT2D eigenvalue weighted by Gasteiger charge is -2.36. The van der Waals surface area contributed by atoms with Crippen LogP contribution in [0.15, 0.2) is 53.0 Å². The lowest BCUT2D eigenvalue weighted by atomic mass is 10.0. The molecule has 0 saturated carbocycles. The number of halogens is 1. The number of benzene rings is 2. The molecule has 0 aliphatic carbocycles. The van der Waals surface area contributed by atoms with Gasteiger partial charge in [0.05, 0.1) is 0 Å². The van der Waals surface area contributed by atoms with Gasteiger partial charge in [-0.25, -0.2) is 0 Å². The molecule has 0 bridgehead atoms. The highest BCUT2D eigenvalue weighted by molar-refractivity contribution is 9.10. The van der Waals surface area contributed by atoms with E-state index in [-0.39, 0.29) is 5.78 Å². The fourth-order valence-corrected chi connectivity index (χ4v) is 3.95. The molecule has 2 aromatic carbocycles. The van der Waals surface area contributed by atoms with Crippen LogP contribution in [0.2, 0.25) is 0 Å². The summed E-state index contributed by atoms with van der Waals surface area (Å²) in [4.78, 5) is 17.4. The summed E-state index contributed by atoms with van der Waals surface area (Å²) in [7, 11) is 4.36. The van der Waals surface area contributed by atoms with Crippen LogP contribution in [0, 0.1) is 0 Å². The number of hydrogen-bond donors (Lipinski definition) is 0. The van der Waals surface area contributed by atoms with Crippen LogP contribution in [0.3, 0.4) is 0 Å². The summed E-state index contributed by atoms with van der Waals surface area (Å²) in [5.74, 6) is 0.145. The molecule has 0 N–H and O–H groups in total. The van der Waals surface area contributed by atoms with Gasteiger partial charge in [0.2, 0.25) is 0 Å². The number of ketones is 1. The van der Waals surface area contributed by atoms with Crippen LogP contribution in [0.1, 0.15) is 28.8 Å². The summed E-state index contributed by atoms with van der Waals surface area (Å²) in [6.45, 7) is 2.30.